The maximum atomic E-state index is 14.9. The fraction of sp³-hybridized carbons (Fsp3) is 0.649. The van der Waals surface area contributed by atoms with E-state index in [1.165, 1.54) is 0 Å². The molecule has 1 N–H and O–H groups in total. The van der Waals surface area contributed by atoms with Gasteiger partial charge in [0.1, 0.15) is 11.8 Å². The van der Waals surface area contributed by atoms with Gasteiger partial charge in [-0.15, -0.1) is 11.8 Å². The van der Waals surface area contributed by atoms with Crippen LogP contribution in [-0.2, 0) is 14.4 Å². The highest BCUT2D eigenvalue weighted by atomic mass is 32.2. The number of aliphatic hydroxyl groups is 1. The summed E-state index contributed by atoms with van der Waals surface area (Å²) in [4.78, 5) is 50.0. The molecule has 2 fully saturated rings. The highest BCUT2D eigenvalue weighted by molar-refractivity contribution is 8.02. The van der Waals surface area contributed by atoms with Gasteiger partial charge >= 0.3 is 0 Å². The van der Waals surface area contributed by atoms with Crippen molar-refractivity contribution in [3.8, 4) is 5.75 Å². The number of aliphatic hydroxyl groups excluding tert-OH is 1. The Balaban J connectivity index is 1.55. The normalized spacial score (nSPS) is 29.5. The number of fused-ring (bicyclic) bond motifs is 2. The van der Waals surface area contributed by atoms with E-state index in [2.05, 4.69) is 59.8 Å². The maximum absolute atomic E-state index is 14.9. The van der Waals surface area contributed by atoms with Crippen molar-refractivity contribution in [3.63, 3.8) is 0 Å². The van der Waals surface area contributed by atoms with Crippen molar-refractivity contribution in [2.24, 2.45) is 17.3 Å². The van der Waals surface area contributed by atoms with E-state index >= 15 is 0 Å². The molecular formula is C37H53N3O5S. The quantitative estimate of drug-likeness (QED) is 0.239. The number of ether oxygens (including phenoxy) is 1. The Labute approximate surface area is 279 Å². The molecule has 1 unspecified atom stereocenters. The molecule has 4 aliphatic rings. The van der Waals surface area contributed by atoms with Gasteiger partial charge in [0.05, 0.1) is 23.2 Å². The second-order valence-corrected chi connectivity index (χ2v) is 17.1. The lowest BCUT2D eigenvalue weighted by molar-refractivity contribution is -0.146. The summed E-state index contributed by atoms with van der Waals surface area (Å²) in [5.41, 5.74) is 0.331. The zero-order valence-corrected chi connectivity index (χ0v) is 29.6. The number of hydrogen-bond acceptors (Lipinski definition) is 6. The summed E-state index contributed by atoms with van der Waals surface area (Å²) in [6.07, 6.45) is 12.3. The number of unbranched alkanes of at least 4 members (excludes halogenated alkanes) is 3. The number of carbonyl (C=O) groups excluding carboxylic acids is 3. The molecule has 0 radical (unpaired) electrons. The second kappa shape index (κ2) is 13.0. The van der Waals surface area contributed by atoms with Crippen molar-refractivity contribution in [2.45, 2.75) is 102 Å². The highest BCUT2D eigenvalue weighted by Crippen LogP contribution is 2.66. The third-order valence-electron chi connectivity index (χ3n) is 10.0. The first kappa shape index (κ1) is 34.6. The number of likely N-dealkylation sites (tertiary alicyclic amines) is 1. The van der Waals surface area contributed by atoms with Crippen LogP contribution < -0.4 is 9.64 Å². The first-order chi connectivity index (χ1) is 21.7. The summed E-state index contributed by atoms with van der Waals surface area (Å²) in [5, 5.41) is 9.28. The SMILES string of the molecule is CCOc1ccc(N2CC=C[C@@]3(C)S[C@]45C=CCN(C(C)(C)CC(C)(C)C)C(=O)C4N(CCCCCCO)C(=O)[C@@H]5[C@H]3C2=O)cc1. The van der Waals surface area contributed by atoms with E-state index in [1.807, 2.05) is 47.1 Å². The predicted molar refractivity (Wildman–Crippen MR) is 185 cm³/mol. The number of carbonyl (C=O) groups is 3. The average Bonchev–Trinajstić information content (AvgIpc) is 3.22. The molecule has 9 heteroatoms. The molecule has 252 valence electrons. The van der Waals surface area contributed by atoms with Crippen molar-refractivity contribution in [1.82, 2.24) is 9.80 Å². The molecule has 2 saturated heterocycles. The Hall–Kier alpha value is -2.78. The van der Waals surface area contributed by atoms with Crippen LogP contribution in [0, 0.1) is 17.3 Å². The van der Waals surface area contributed by atoms with Crippen LogP contribution in [-0.4, -0.2) is 86.6 Å². The lowest BCUT2D eigenvalue weighted by Gasteiger charge is -2.44. The summed E-state index contributed by atoms with van der Waals surface area (Å²) in [7, 11) is 0. The van der Waals surface area contributed by atoms with E-state index in [4.69, 9.17) is 4.74 Å². The number of anilines is 1. The molecule has 5 atom stereocenters. The van der Waals surface area contributed by atoms with Crippen LogP contribution in [0.15, 0.2) is 48.6 Å². The van der Waals surface area contributed by atoms with Crippen LogP contribution in [0.5, 0.6) is 5.75 Å². The summed E-state index contributed by atoms with van der Waals surface area (Å²) in [5.74, 6) is -0.776. The minimum Gasteiger partial charge on any atom is -0.494 e. The molecule has 3 amide bonds. The minimum absolute atomic E-state index is 0.00221. The number of thioether (sulfide) groups is 1. The summed E-state index contributed by atoms with van der Waals surface area (Å²) in [6.45, 7) is 16.9. The Morgan fingerprint density at radius 2 is 1.57 bits per heavy atom. The molecule has 0 bridgehead atoms. The minimum atomic E-state index is -0.868. The van der Waals surface area contributed by atoms with Crippen LogP contribution in [0.1, 0.15) is 80.6 Å². The van der Waals surface area contributed by atoms with E-state index < -0.39 is 32.9 Å². The van der Waals surface area contributed by atoms with Gasteiger partial charge in [-0.2, -0.15) is 0 Å². The van der Waals surface area contributed by atoms with Gasteiger partial charge in [0.15, 0.2) is 0 Å². The van der Waals surface area contributed by atoms with Crippen LogP contribution in [0.3, 0.4) is 0 Å². The highest BCUT2D eigenvalue weighted by Gasteiger charge is 2.74. The molecule has 4 aliphatic heterocycles. The Morgan fingerprint density at radius 3 is 2.22 bits per heavy atom. The van der Waals surface area contributed by atoms with Crippen LogP contribution in [0.4, 0.5) is 5.69 Å². The standard InChI is InChI=1S/C37H53N3O5S/c1-8-45-27-17-15-26(16-18-27)38-22-13-19-36(7)28(31(38)42)29-32(43)39(21-11-9-10-12-24-41)30-33(44)40(23-14-20-37(29,30)46-36)35(5,6)25-34(2,3)4/h13-20,28-30,41H,8-12,21-25H2,1-7H3/t28-,29-,30?,36+,37-/m0/s1. The van der Waals surface area contributed by atoms with Crippen molar-refractivity contribution in [1.29, 1.82) is 0 Å². The zero-order chi connectivity index (χ0) is 33.5. The van der Waals surface area contributed by atoms with Gasteiger partial charge in [0, 0.05) is 42.2 Å². The van der Waals surface area contributed by atoms with Crippen LogP contribution in [0.25, 0.3) is 0 Å². The molecule has 0 aliphatic carbocycles. The summed E-state index contributed by atoms with van der Waals surface area (Å²) < 4.78 is 4.10. The Kier molecular flexibility index (Phi) is 9.78. The topological polar surface area (TPSA) is 90.4 Å². The number of nitrogens with zero attached hydrogens (tertiary/aromatic N) is 3. The van der Waals surface area contributed by atoms with E-state index in [0.29, 0.717) is 26.2 Å². The van der Waals surface area contributed by atoms with Crippen molar-refractivity contribution >= 4 is 35.2 Å². The van der Waals surface area contributed by atoms with Gasteiger partial charge in [-0.1, -0.05) is 57.9 Å². The molecule has 46 heavy (non-hydrogen) atoms. The molecule has 5 rings (SSSR count). The monoisotopic (exact) mass is 651 g/mol. The lowest BCUT2D eigenvalue weighted by Crippen LogP contribution is -2.58. The lowest BCUT2D eigenvalue weighted by atomic mass is 9.74. The third kappa shape index (κ3) is 6.26. The predicted octanol–water partition coefficient (Wildman–Crippen LogP) is 5.84. The largest absolute Gasteiger partial charge is 0.494 e. The van der Waals surface area contributed by atoms with Crippen molar-refractivity contribution in [3.05, 3.63) is 48.6 Å². The smallest absolute Gasteiger partial charge is 0.247 e. The van der Waals surface area contributed by atoms with Gasteiger partial charge in [-0.3, -0.25) is 14.4 Å². The van der Waals surface area contributed by atoms with E-state index in [9.17, 15) is 19.5 Å². The number of benzene rings is 1. The van der Waals surface area contributed by atoms with Crippen molar-refractivity contribution < 1.29 is 24.2 Å². The Morgan fingerprint density at radius 1 is 0.891 bits per heavy atom. The van der Waals surface area contributed by atoms with Crippen LogP contribution >= 0.6 is 11.8 Å². The first-order valence-electron chi connectivity index (χ1n) is 17.0. The molecule has 1 aromatic rings. The fourth-order valence-corrected chi connectivity index (χ4v) is 10.7. The molecule has 8 nitrogen and oxygen atoms in total. The van der Waals surface area contributed by atoms with Crippen molar-refractivity contribution in [2.75, 3.05) is 37.7 Å². The van der Waals surface area contributed by atoms with E-state index in [-0.39, 0.29) is 29.7 Å². The molecule has 0 aromatic heterocycles. The third-order valence-corrected chi connectivity index (χ3v) is 11.8. The fourth-order valence-electron chi connectivity index (χ4n) is 8.57. The van der Waals surface area contributed by atoms with Gasteiger partial charge < -0.3 is 24.5 Å². The van der Waals surface area contributed by atoms with E-state index in [0.717, 1.165) is 43.5 Å². The van der Waals surface area contributed by atoms with Gasteiger partial charge in [-0.05, 0) is 76.6 Å². The summed E-state index contributed by atoms with van der Waals surface area (Å²) in [6, 6.07) is 6.86. The van der Waals surface area contributed by atoms with Crippen LogP contribution in [0.2, 0.25) is 0 Å². The number of amides is 3. The summed E-state index contributed by atoms with van der Waals surface area (Å²) >= 11 is 1.64. The van der Waals surface area contributed by atoms with Gasteiger partial charge in [0.25, 0.3) is 0 Å². The second-order valence-electron chi connectivity index (χ2n) is 15.3. The average molecular weight is 652 g/mol. The maximum Gasteiger partial charge on any atom is 0.247 e. The molecular weight excluding hydrogens is 598 g/mol. The first-order valence-corrected chi connectivity index (χ1v) is 17.8. The molecule has 4 heterocycles. The molecule has 1 aromatic carbocycles. The number of rotatable bonds is 11. The van der Waals surface area contributed by atoms with Gasteiger partial charge in [-0.25, -0.2) is 0 Å². The Bertz CT molecular complexity index is 1370. The molecule has 1 spiro atoms. The molecule has 0 saturated carbocycles. The van der Waals surface area contributed by atoms with Gasteiger partial charge in [0.2, 0.25) is 17.7 Å². The van der Waals surface area contributed by atoms with E-state index in [1.54, 1.807) is 16.7 Å². The zero-order valence-electron chi connectivity index (χ0n) is 28.8. The number of hydrogen-bond donors (Lipinski definition) is 1.